The summed E-state index contributed by atoms with van der Waals surface area (Å²) in [7, 11) is 0. The maximum Gasteiger partial charge on any atom is 0.144 e. The lowest BCUT2D eigenvalue weighted by Gasteiger charge is -2.38. The summed E-state index contributed by atoms with van der Waals surface area (Å²) in [6.45, 7) is 8.64. The van der Waals surface area contributed by atoms with Crippen LogP contribution in [0.4, 0.5) is 11.4 Å². The SMILES string of the molecule is Cc1cc2c(cc1C)N[C@H](c1c3ccccc3cc3ccccc13)[C@H]1C(=O)CC(C)(C)CC1=N2. The molecule has 6 rings (SSSR count). The first-order chi connectivity index (χ1) is 16.3. The zero-order valence-electron chi connectivity index (χ0n) is 20.3. The molecule has 0 aromatic heterocycles. The number of benzene rings is 4. The van der Waals surface area contributed by atoms with Gasteiger partial charge in [-0.05, 0) is 82.1 Å². The Balaban J connectivity index is 1.67. The largest absolute Gasteiger partial charge is 0.375 e. The molecule has 3 heteroatoms. The van der Waals surface area contributed by atoms with E-state index in [4.69, 9.17) is 4.99 Å². The fourth-order valence-electron chi connectivity index (χ4n) is 5.96. The monoisotopic (exact) mass is 446 g/mol. The minimum absolute atomic E-state index is 0.0813. The van der Waals surface area contributed by atoms with Crippen molar-refractivity contribution in [3.05, 3.63) is 83.4 Å². The Morgan fingerprint density at radius 2 is 1.47 bits per heavy atom. The van der Waals surface area contributed by atoms with Crippen LogP contribution in [0.2, 0.25) is 0 Å². The number of fused-ring (bicyclic) bond motifs is 4. The van der Waals surface area contributed by atoms with E-state index >= 15 is 0 Å². The van der Waals surface area contributed by atoms with Gasteiger partial charge >= 0.3 is 0 Å². The summed E-state index contributed by atoms with van der Waals surface area (Å²) in [5.74, 6) is 0.000940. The third kappa shape index (κ3) is 3.34. The van der Waals surface area contributed by atoms with Crippen LogP contribution in [0.1, 0.15) is 49.4 Å². The molecule has 1 aliphatic heterocycles. The molecule has 2 aliphatic rings. The fourth-order valence-corrected chi connectivity index (χ4v) is 5.96. The number of aryl methyl sites for hydroxylation is 2. The molecule has 2 atom stereocenters. The number of aliphatic imine (C=N–C) groups is 1. The number of hydrogen-bond donors (Lipinski definition) is 1. The molecule has 0 unspecified atom stereocenters. The van der Waals surface area contributed by atoms with E-state index in [2.05, 4.69) is 99.7 Å². The molecule has 4 aromatic rings. The van der Waals surface area contributed by atoms with Crippen molar-refractivity contribution in [3.63, 3.8) is 0 Å². The average Bonchev–Trinajstić information content (AvgIpc) is 2.93. The van der Waals surface area contributed by atoms with Gasteiger partial charge in [-0.3, -0.25) is 9.79 Å². The molecule has 4 aromatic carbocycles. The third-order valence-electron chi connectivity index (χ3n) is 7.66. The first-order valence-corrected chi connectivity index (χ1v) is 12.2. The summed E-state index contributed by atoms with van der Waals surface area (Å²) in [6.07, 6.45) is 1.41. The Morgan fingerprint density at radius 3 is 2.15 bits per heavy atom. The zero-order chi connectivity index (χ0) is 23.6. The third-order valence-corrected chi connectivity index (χ3v) is 7.66. The predicted molar refractivity (Wildman–Crippen MR) is 142 cm³/mol. The second kappa shape index (κ2) is 7.53. The van der Waals surface area contributed by atoms with Crippen LogP contribution >= 0.6 is 0 Å². The standard InChI is InChI=1S/C31H30N2O/c1-18-13-24-25(14-19(18)2)33-30(29-26(32-24)16-31(3,4)17-27(29)34)28-22-11-7-5-9-20(22)15-21-10-6-8-12-23(21)28/h5-15,29-30,33H,16-17H2,1-4H3/t29-,30-/m1/s1. The molecule has 1 heterocycles. The van der Waals surface area contributed by atoms with Gasteiger partial charge in [0, 0.05) is 12.1 Å². The minimum atomic E-state index is -0.282. The van der Waals surface area contributed by atoms with Gasteiger partial charge in [0.15, 0.2) is 0 Å². The fraction of sp³-hybridized carbons (Fsp3) is 0.290. The quantitative estimate of drug-likeness (QED) is 0.302. The van der Waals surface area contributed by atoms with Crippen molar-refractivity contribution in [3.8, 4) is 0 Å². The Hall–Kier alpha value is -3.46. The van der Waals surface area contributed by atoms with Crippen molar-refractivity contribution in [2.24, 2.45) is 16.3 Å². The van der Waals surface area contributed by atoms with Gasteiger partial charge < -0.3 is 5.32 Å². The lowest BCUT2D eigenvalue weighted by molar-refractivity contribution is -0.124. The summed E-state index contributed by atoms with van der Waals surface area (Å²) in [5, 5.41) is 8.64. The number of nitrogens with zero attached hydrogens (tertiary/aromatic N) is 1. The molecular weight excluding hydrogens is 416 g/mol. The van der Waals surface area contributed by atoms with Gasteiger partial charge in [-0.25, -0.2) is 0 Å². The van der Waals surface area contributed by atoms with Crippen LogP contribution in [0.5, 0.6) is 0 Å². The van der Waals surface area contributed by atoms with Crippen molar-refractivity contribution in [2.75, 3.05) is 5.32 Å². The highest BCUT2D eigenvalue weighted by Crippen LogP contribution is 2.48. The van der Waals surface area contributed by atoms with E-state index in [1.54, 1.807) is 0 Å². The Labute approximate surface area is 200 Å². The van der Waals surface area contributed by atoms with Gasteiger partial charge in [0.2, 0.25) is 0 Å². The van der Waals surface area contributed by atoms with Gasteiger partial charge in [-0.2, -0.15) is 0 Å². The zero-order valence-corrected chi connectivity index (χ0v) is 20.3. The van der Waals surface area contributed by atoms with E-state index in [-0.39, 0.29) is 23.2 Å². The number of Topliss-reactive ketones (excluding diaryl/α,β-unsaturated/α-hetero) is 1. The average molecular weight is 447 g/mol. The number of nitrogens with one attached hydrogen (secondary N) is 1. The van der Waals surface area contributed by atoms with Crippen LogP contribution in [-0.2, 0) is 4.79 Å². The van der Waals surface area contributed by atoms with E-state index in [0.717, 1.165) is 23.5 Å². The highest BCUT2D eigenvalue weighted by atomic mass is 16.1. The van der Waals surface area contributed by atoms with E-state index in [1.165, 1.54) is 38.2 Å². The van der Waals surface area contributed by atoms with Gasteiger partial charge in [0.05, 0.1) is 23.3 Å². The molecular formula is C31H30N2O. The first-order valence-electron chi connectivity index (χ1n) is 12.2. The molecule has 0 saturated heterocycles. The van der Waals surface area contributed by atoms with Crippen molar-refractivity contribution >= 4 is 44.4 Å². The molecule has 0 spiro atoms. The lowest BCUT2D eigenvalue weighted by Crippen LogP contribution is -2.42. The van der Waals surface area contributed by atoms with Gasteiger partial charge in [-0.1, -0.05) is 62.4 Å². The smallest absolute Gasteiger partial charge is 0.144 e. The molecule has 1 aliphatic carbocycles. The number of carbonyl (C=O) groups excluding carboxylic acids is 1. The number of carbonyl (C=O) groups is 1. The van der Waals surface area contributed by atoms with E-state index in [1.807, 2.05) is 0 Å². The molecule has 1 saturated carbocycles. The molecule has 1 fully saturated rings. The second-order valence-corrected chi connectivity index (χ2v) is 10.9. The normalized spacial score (nSPS) is 21.4. The Kier molecular flexibility index (Phi) is 4.67. The second-order valence-electron chi connectivity index (χ2n) is 10.9. The number of ketones is 1. The highest BCUT2D eigenvalue weighted by molar-refractivity contribution is 6.12. The summed E-state index contributed by atoms with van der Waals surface area (Å²) in [5.41, 5.74) is 6.53. The lowest BCUT2D eigenvalue weighted by atomic mass is 9.67. The summed E-state index contributed by atoms with van der Waals surface area (Å²) >= 11 is 0. The summed E-state index contributed by atoms with van der Waals surface area (Å²) < 4.78 is 0. The molecule has 34 heavy (non-hydrogen) atoms. The number of hydrogen-bond acceptors (Lipinski definition) is 3. The Morgan fingerprint density at radius 1 is 0.853 bits per heavy atom. The van der Waals surface area contributed by atoms with Crippen LogP contribution in [-0.4, -0.2) is 11.5 Å². The maximum atomic E-state index is 13.8. The van der Waals surface area contributed by atoms with Crippen LogP contribution in [0.15, 0.2) is 71.7 Å². The van der Waals surface area contributed by atoms with Gasteiger partial charge in [0.1, 0.15) is 5.78 Å². The number of anilines is 1. The van der Waals surface area contributed by atoms with E-state index in [9.17, 15) is 4.79 Å². The van der Waals surface area contributed by atoms with Crippen molar-refractivity contribution in [2.45, 2.75) is 46.6 Å². The van der Waals surface area contributed by atoms with E-state index < -0.39 is 0 Å². The van der Waals surface area contributed by atoms with Gasteiger partial charge in [0.25, 0.3) is 0 Å². The van der Waals surface area contributed by atoms with Crippen LogP contribution in [0.3, 0.4) is 0 Å². The molecule has 1 N–H and O–H groups in total. The van der Waals surface area contributed by atoms with Crippen LogP contribution in [0.25, 0.3) is 21.5 Å². The first kappa shape index (κ1) is 21.1. The molecule has 170 valence electrons. The van der Waals surface area contributed by atoms with Crippen molar-refractivity contribution in [1.29, 1.82) is 0 Å². The van der Waals surface area contributed by atoms with Crippen LogP contribution < -0.4 is 5.32 Å². The molecule has 0 bridgehead atoms. The molecule has 0 radical (unpaired) electrons. The summed E-state index contributed by atoms with van der Waals surface area (Å²) in [4.78, 5) is 19.0. The number of rotatable bonds is 1. The molecule has 0 amide bonds. The highest BCUT2D eigenvalue weighted by Gasteiger charge is 2.44. The molecule has 3 nitrogen and oxygen atoms in total. The maximum absolute atomic E-state index is 13.8. The predicted octanol–water partition coefficient (Wildman–Crippen LogP) is 7.85. The topological polar surface area (TPSA) is 41.5 Å². The Bertz CT molecular complexity index is 1460. The minimum Gasteiger partial charge on any atom is -0.375 e. The summed E-state index contributed by atoms with van der Waals surface area (Å²) in [6, 6.07) is 23.5. The van der Waals surface area contributed by atoms with Crippen LogP contribution in [0, 0.1) is 25.2 Å². The van der Waals surface area contributed by atoms with Gasteiger partial charge in [-0.15, -0.1) is 0 Å². The van der Waals surface area contributed by atoms with Crippen molar-refractivity contribution in [1.82, 2.24) is 0 Å². The van der Waals surface area contributed by atoms with Crippen molar-refractivity contribution < 1.29 is 4.79 Å². The van der Waals surface area contributed by atoms with E-state index in [0.29, 0.717) is 6.42 Å².